The van der Waals surface area contributed by atoms with Gasteiger partial charge in [0.15, 0.2) is 12.0 Å². The fourth-order valence-electron chi connectivity index (χ4n) is 5.88. The lowest BCUT2D eigenvalue weighted by atomic mass is 10.0. The van der Waals surface area contributed by atoms with Crippen LogP contribution in [0.15, 0.2) is 91.5 Å². The van der Waals surface area contributed by atoms with Crippen molar-refractivity contribution in [3.05, 3.63) is 114 Å². The van der Waals surface area contributed by atoms with E-state index < -0.39 is 0 Å². The molecule has 8 aromatic rings. The summed E-state index contributed by atoms with van der Waals surface area (Å²) in [6, 6.07) is 20.2. The summed E-state index contributed by atoms with van der Waals surface area (Å²) >= 11 is 0. The van der Waals surface area contributed by atoms with E-state index in [1.54, 1.807) is 30.0 Å². The van der Waals surface area contributed by atoms with Crippen molar-refractivity contribution in [1.29, 1.82) is 0 Å². The van der Waals surface area contributed by atoms with Crippen LogP contribution in [-0.4, -0.2) is 24.9 Å². The molecule has 8 heteroatoms. The van der Waals surface area contributed by atoms with Gasteiger partial charge in [0.2, 0.25) is 11.3 Å². The molecule has 5 heterocycles. The van der Waals surface area contributed by atoms with Gasteiger partial charge in [0, 0.05) is 69.0 Å². The van der Waals surface area contributed by atoms with Gasteiger partial charge in [-0.15, -0.1) is 0 Å². The highest BCUT2D eigenvalue weighted by molar-refractivity contribution is 5.99. The Morgan fingerprint density at radius 2 is 1.52 bits per heavy atom. The number of halogens is 2. The Kier molecular flexibility index (Phi) is 5.21. The average Bonchev–Trinajstić information content (AvgIpc) is 3.64. The highest BCUT2D eigenvalue weighted by Crippen LogP contribution is 2.34. The van der Waals surface area contributed by atoms with Crippen LogP contribution in [0, 0.1) is 25.5 Å². The molecule has 0 amide bonds. The summed E-state index contributed by atoms with van der Waals surface area (Å²) < 4.78 is 31.7. The molecule has 6 nitrogen and oxygen atoms in total. The molecule has 0 unspecified atom stereocenters. The smallest absolute Gasteiger partial charge is 0.256 e. The molecule has 202 valence electrons. The number of H-pyrrole nitrogens is 2. The first-order valence-corrected chi connectivity index (χ1v) is 13.6. The maximum absolute atomic E-state index is 16.0. The monoisotopic (exact) mass is 553 g/mol. The standard InChI is InChI=1S/C34H23F2N6/c1-18-4-3-5-22-24(16-38-32(18)22)27-10-11-29-34(41-27)37-12-13-42(29)30-15-23-25(17-39-33(23)19(2)31(30)36)26-9-7-20-6-8-21(35)14-28(20)40-26/h3-17,38-39H,1-2H3/q+1. The van der Waals surface area contributed by atoms with Crippen LogP contribution in [0.1, 0.15) is 11.1 Å². The summed E-state index contributed by atoms with van der Waals surface area (Å²) in [5, 5.41) is 2.74. The van der Waals surface area contributed by atoms with E-state index in [9.17, 15) is 4.39 Å². The lowest BCUT2D eigenvalue weighted by Gasteiger charge is -2.07. The Hall–Kier alpha value is -5.50. The van der Waals surface area contributed by atoms with E-state index in [1.165, 1.54) is 12.1 Å². The molecule has 0 fully saturated rings. The third-order valence-corrected chi connectivity index (χ3v) is 8.05. The van der Waals surface area contributed by atoms with E-state index in [2.05, 4.69) is 34.0 Å². The van der Waals surface area contributed by atoms with Gasteiger partial charge in [-0.25, -0.2) is 19.3 Å². The van der Waals surface area contributed by atoms with Crippen molar-refractivity contribution in [2.75, 3.05) is 0 Å². The van der Waals surface area contributed by atoms with Crippen molar-refractivity contribution >= 4 is 43.9 Å². The average molecular weight is 554 g/mol. The lowest BCUT2D eigenvalue weighted by Crippen LogP contribution is -2.33. The second-order valence-electron chi connectivity index (χ2n) is 10.5. The zero-order valence-corrected chi connectivity index (χ0v) is 22.7. The van der Waals surface area contributed by atoms with Gasteiger partial charge in [0.05, 0.1) is 28.6 Å². The number of aryl methyl sites for hydroxylation is 2. The number of hydrogen-bond donors (Lipinski definition) is 2. The summed E-state index contributed by atoms with van der Waals surface area (Å²) in [5.74, 6) is -0.693. The van der Waals surface area contributed by atoms with Gasteiger partial charge in [-0.05, 0) is 43.7 Å². The molecule has 0 bridgehead atoms. The molecule has 0 radical (unpaired) electrons. The first-order valence-electron chi connectivity index (χ1n) is 13.6. The van der Waals surface area contributed by atoms with Crippen molar-refractivity contribution in [1.82, 2.24) is 24.9 Å². The molecule has 0 aliphatic heterocycles. The highest BCUT2D eigenvalue weighted by atomic mass is 19.1. The Balaban J connectivity index is 1.29. The van der Waals surface area contributed by atoms with E-state index in [1.807, 2.05) is 48.8 Å². The number of fused-ring (bicyclic) bond motifs is 4. The molecule has 0 saturated heterocycles. The van der Waals surface area contributed by atoms with Crippen LogP contribution in [0.5, 0.6) is 0 Å². The number of hydrogen-bond acceptors (Lipinski definition) is 3. The number of aromatic nitrogens is 6. The van der Waals surface area contributed by atoms with E-state index in [0.717, 1.165) is 44.1 Å². The van der Waals surface area contributed by atoms with Crippen LogP contribution < -0.4 is 4.57 Å². The fraction of sp³-hybridized carbons (Fsp3) is 0.0588. The number of benzene rings is 3. The summed E-state index contributed by atoms with van der Waals surface area (Å²) in [6.07, 6.45) is 7.16. The van der Waals surface area contributed by atoms with Gasteiger partial charge in [-0.2, -0.15) is 8.96 Å². The summed E-state index contributed by atoms with van der Waals surface area (Å²) in [4.78, 5) is 20.7. The van der Waals surface area contributed by atoms with Crippen LogP contribution in [0.4, 0.5) is 8.78 Å². The Labute approximate surface area is 238 Å². The molecule has 3 aromatic carbocycles. The topological polar surface area (TPSA) is 74.1 Å². The highest BCUT2D eigenvalue weighted by Gasteiger charge is 2.24. The summed E-state index contributed by atoms with van der Waals surface area (Å²) in [5.41, 5.74) is 8.73. The minimum Gasteiger partial charge on any atom is -0.360 e. The molecule has 0 aliphatic carbocycles. The van der Waals surface area contributed by atoms with Crippen LogP contribution in [0.2, 0.25) is 0 Å². The van der Waals surface area contributed by atoms with Crippen LogP contribution in [0.25, 0.3) is 72.1 Å². The molecule has 8 rings (SSSR count). The van der Waals surface area contributed by atoms with Crippen molar-refractivity contribution in [2.45, 2.75) is 13.8 Å². The van der Waals surface area contributed by atoms with Gasteiger partial charge in [0.1, 0.15) is 5.82 Å². The fourth-order valence-corrected chi connectivity index (χ4v) is 5.88. The van der Waals surface area contributed by atoms with E-state index in [0.29, 0.717) is 39.1 Å². The molecule has 0 atom stereocenters. The predicted octanol–water partition coefficient (Wildman–Crippen LogP) is 7.65. The Morgan fingerprint density at radius 1 is 0.762 bits per heavy atom. The summed E-state index contributed by atoms with van der Waals surface area (Å²) in [6.45, 7) is 3.82. The zero-order chi connectivity index (χ0) is 28.5. The second kappa shape index (κ2) is 9.01. The van der Waals surface area contributed by atoms with Gasteiger partial charge < -0.3 is 9.97 Å². The van der Waals surface area contributed by atoms with Crippen molar-refractivity contribution in [3.8, 4) is 28.2 Å². The predicted molar refractivity (Wildman–Crippen MR) is 160 cm³/mol. The van der Waals surface area contributed by atoms with Gasteiger partial charge in [0.25, 0.3) is 5.52 Å². The third-order valence-electron chi connectivity index (χ3n) is 8.05. The van der Waals surface area contributed by atoms with Crippen molar-refractivity contribution < 1.29 is 13.3 Å². The van der Waals surface area contributed by atoms with Crippen molar-refractivity contribution in [2.24, 2.45) is 0 Å². The maximum Gasteiger partial charge on any atom is 0.256 e. The first kappa shape index (κ1) is 24.3. The number of nitrogens with one attached hydrogen (secondary N) is 2. The first-order chi connectivity index (χ1) is 20.5. The van der Waals surface area contributed by atoms with Crippen LogP contribution in [-0.2, 0) is 0 Å². The van der Waals surface area contributed by atoms with Crippen molar-refractivity contribution in [3.63, 3.8) is 0 Å². The zero-order valence-electron chi connectivity index (χ0n) is 22.7. The third kappa shape index (κ3) is 3.61. The quantitative estimate of drug-likeness (QED) is 0.221. The number of para-hydroxylation sites is 1. The van der Waals surface area contributed by atoms with Gasteiger partial charge in [-0.3, -0.25) is 0 Å². The Morgan fingerprint density at radius 3 is 2.40 bits per heavy atom. The Bertz CT molecular complexity index is 2370. The molecule has 42 heavy (non-hydrogen) atoms. The molecule has 0 spiro atoms. The number of rotatable bonds is 3. The molecule has 0 saturated carbocycles. The maximum atomic E-state index is 16.0. The molecule has 0 aliphatic rings. The molecule has 5 aromatic heterocycles. The minimum atomic E-state index is -0.349. The lowest BCUT2D eigenvalue weighted by molar-refractivity contribution is -0.569. The van der Waals surface area contributed by atoms with Gasteiger partial charge in [-0.1, -0.05) is 24.3 Å². The second-order valence-corrected chi connectivity index (χ2v) is 10.5. The number of aromatic amines is 2. The van der Waals surface area contributed by atoms with E-state index in [4.69, 9.17) is 9.97 Å². The molecule has 2 N–H and O–H groups in total. The van der Waals surface area contributed by atoms with E-state index >= 15 is 4.39 Å². The SMILES string of the molecule is Cc1cccc2c(-c3ccc4c(ncc[n+]4-c4cc5c(-c6ccc7ccc(F)cc7n6)c[nH]c5c(C)c4F)n3)c[nH]c12. The molecular formula is C34H23F2N6+. The summed E-state index contributed by atoms with van der Waals surface area (Å²) in [7, 11) is 0. The minimum absolute atomic E-state index is 0.344. The number of pyridine rings is 2. The normalized spacial score (nSPS) is 11.8. The molecular weight excluding hydrogens is 530 g/mol. The van der Waals surface area contributed by atoms with E-state index in [-0.39, 0.29) is 11.6 Å². The van der Waals surface area contributed by atoms with Crippen LogP contribution >= 0.6 is 0 Å². The largest absolute Gasteiger partial charge is 0.360 e. The van der Waals surface area contributed by atoms with Crippen LogP contribution in [0.3, 0.4) is 0 Å². The van der Waals surface area contributed by atoms with Gasteiger partial charge >= 0.3 is 0 Å². The number of nitrogens with zero attached hydrogens (tertiary/aromatic N) is 4.